The number of benzene rings is 1. The van der Waals surface area contributed by atoms with Crippen LogP contribution in [0.1, 0.15) is 46.7 Å². The van der Waals surface area contributed by atoms with E-state index >= 15 is 0 Å². The van der Waals surface area contributed by atoms with Gasteiger partial charge in [0.15, 0.2) is 10.7 Å². The van der Waals surface area contributed by atoms with Gasteiger partial charge in [0.1, 0.15) is 5.69 Å². The molecule has 1 aromatic carbocycles. The van der Waals surface area contributed by atoms with Crippen LogP contribution in [0.5, 0.6) is 0 Å². The minimum Gasteiger partial charge on any atom is -0.355 e. The monoisotopic (exact) mass is 494 g/mol. The van der Waals surface area contributed by atoms with Gasteiger partial charge in [-0.3, -0.25) is 9.78 Å². The van der Waals surface area contributed by atoms with Crippen molar-refractivity contribution in [3.8, 4) is 0 Å². The predicted octanol–water partition coefficient (Wildman–Crippen LogP) is 3.88. The topological polar surface area (TPSA) is 105 Å². The van der Waals surface area contributed by atoms with Gasteiger partial charge in [-0.15, -0.1) is 0 Å². The zero-order chi connectivity index (χ0) is 25.0. The lowest BCUT2D eigenvalue weighted by molar-refractivity contribution is -0.126. The second kappa shape index (κ2) is 10.5. The smallest absolute Gasteiger partial charge is 0.248 e. The summed E-state index contributed by atoms with van der Waals surface area (Å²) in [5.74, 6) is -0.422. The summed E-state index contributed by atoms with van der Waals surface area (Å²) in [6.07, 6.45) is 6.38. The third-order valence-electron chi connectivity index (χ3n) is 6.20. The number of piperidine rings is 1. The lowest BCUT2D eigenvalue weighted by Gasteiger charge is -2.31. The van der Waals surface area contributed by atoms with Crippen LogP contribution >= 0.6 is 0 Å². The van der Waals surface area contributed by atoms with Crippen molar-refractivity contribution in [2.75, 3.05) is 13.1 Å². The van der Waals surface area contributed by atoms with Crippen molar-refractivity contribution in [2.45, 2.75) is 45.1 Å². The van der Waals surface area contributed by atoms with Gasteiger partial charge in [-0.05, 0) is 62.9 Å². The highest BCUT2D eigenvalue weighted by molar-refractivity contribution is 7.89. The Balaban J connectivity index is 1.51. The van der Waals surface area contributed by atoms with Crippen LogP contribution in [0, 0.1) is 26.7 Å². The minimum atomic E-state index is -3.90. The molecule has 4 rings (SSSR count). The molecule has 35 heavy (non-hydrogen) atoms. The summed E-state index contributed by atoms with van der Waals surface area (Å²) in [6, 6.07) is 11.6. The van der Waals surface area contributed by atoms with E-state index < -0.39 is 15.9 Å². The van der Waals surface area contributed by atoms with E-state index in [0.717, 1.165) is 22.4 Å². The number of aromatic nitrogens is 2. The maximum absolute atomic E-state index is 13.6. The fraction of sp³-hybridized carbons (Fsp3) is 0.346. The maximum atomic E-state index is 13.6. The van der Waals surface area contributed by atoms with Crippen LogP contribution in [0.15, 0.2) is 52.0 Å². The van der Waals surface area contributed by atoms with Crippen LogP contribution in [-0.4, -0.2) is 41.9 Å². The van der Waals surface area contributed by atoms with Crippen molar-refractivity contribution in [3.05, 3.63) is 76.4 Å². The molecule has 1 aliphatic rings. The Morgan fingerprint density at radius 1 is 1.20 bits per heavy atom. The van der Waals surface area contributed by atoms with Crippen molar-refractivity contribution in [1.29, 1.82) is 0 Å². The number of pyridine rings is 1. The molecule has 0 radical (unpaired) electrons. The average molecular weight is 495 g/mol. The molecule has 2 aromatic heterocycles. The normalized spacial score (nSPS) is 17.1. The van der Waals surface area contributed by atoms with Gasteiger partial charge < -0.3 is 9.84 Å². The molecule has 1 amide bonds. The number of rotatable bonds is 7. The Morgan fingerprint density at radius 3 is 2.80 bits per heavy atom. The van der Waals surface area contributed by atoms with Gasteiger partial charge in [-0.1, -0.05) is 41.1 Å². The Kier molecular flexibility index (Phi) is 7.47. The number of nitrogens with one attached hydrogen (secondary N) is 1. The van der Waals surface area contributed by atoms with E-state index in [9.17, 15) is 13.2 Å². The van der Waals surface area contributed by atoms with E-state index in [0.29, 0.717) is 31.6 Å². The number of carbonyl (C=O) groups is 1. The first-order chi connectivity index (χ1) is 16.8. The molecule has 1 aliphatic heterocycles. The largest absolute Gasteiger partial charge is 0.355 e. The van der Waals surface area contributed by atoms with Gasteiger partial charge in [0, 0.05) is 19.3 Å². The number of hydrogen-bond donors (Lipinski definition) is 1. The molecule has 0 unspecified atom stereocenters. The highest BCUT2D eigenvalue weighted by Gasteiger charge is 2.36. The molecule has 0 spiro atoms. The van der Waals surface area contributed by atoms with E-state index in [1.165, 1.54) is 4.31 Å². The zero-order valence-corrected chi connectivity index (χ0v) is 21.0. The highest BCUT2D eigenvalue weighted by Crippen LogP contribution is 2.29. The fourth-order valence-electron chi connectivity index (χ4n) is 4.23. The van der Waals surface area contributed by atoms with Crippen molar-refractivity contribution in [2.24, 2.45) is 5.92 Å². The Hall–Kier alpha value is -3.30. The third-order valence-corrected chi connectivity index (χ3v) is 8.23. The van der Waals surface area contributed by atoms with Crippen LogP contribution < -0.4 is 5.32 Å². The molecule has 3 aromatic rings. The summed E-state index contributed by atoms with van der Waals surface area (Å²) in [6.45, 7) is 6.38. The summed E-state index contributed by atoms with van der Waals surface area (Å²) in [7, 11) is -3.90. The van der Waals surface area contributed by atoms with Crippen molar-refractivity contribution in [1.82, 2.24) is 19.8 Å². The zero-order valence-electron chi connectivity index (χ0n) is 20.2. The van der Waals surface area contributed by atoms with Crippen molar-refractivity contribution >= 4 is 28.1 Å². The predicted molar refractivity (Wildman–Crippen MR) is 134 cm³/mol. The summed E-state index contributed by atoms with van der Waals surface area (Å²) in [5, 5.41) is 6.81. The molecule has 1 atom stereocenters. The van der Waals surface area contributed by atoms with Gasteiger partial charge in [0.25, 0.3) is 0 Å². The minimum absolute atomic E-state index is 0.0496. The quantitative estimate of drug-likeness (QED) is 0.534. The average Bonchev–Trinajstić information content (AvgIpc) is 3.24. The lowest BCUT2D eigenvalue weighted by Crippen LogP contribution is -2.45. The van der Waals surface area contributed by atoms with Crippen LogP contribution in [0.25, 0.3) is 12.2 Å². The molecule has 0 saturated carbocycles. The number of nitrogens with zero attached hydrogens (tertiary/aromatic N) is 3. The molecule has 1 fully saturated rings. The van der Waals surface area contributed by atoms with Gasteiger partial charge >= 0.3 is 0 Å². The van der Waals surface area contributed by atoms with Gasteiger partial charge in [-0.25, -0.2) is 8.42 Å². The maximum Gasteiger partial charge on any atom is 0.248 e. The molecule has 0 bridgehead atoms. The molecule has 9 heteroatoms. The fourth-order valence-corrected chi connectivity index (χ4v) is 6.01. The summed E-state index contributed by atoms with van der Waals surface area (Å²) in [5.41, 5.74) is 4.21. The van der Waals surface area contributed by atoms with Crippen LogP contribution in [0.3, 0.4) is 0 Å². The third kappa shape index (κ3) is 5.68. The van der Waals surface area contributed by atoms with E-state index in [4.69, 9.17) is 4.52 Å². The summed E-state index contributed by atoms with van der Waals surface area (Å²) in [4.78, 5) is 17.0. The first kappa shape index (κ1) is 24.8. The molecule has 8 nitrogen and oxygen atoms in total. The highest BCUT2D eigenvalue weighted by atomic mass is 32.2. The molecule has 1 saturated heterocycles. The van der Waals surface area contributed by atoms with E-state index in [1.807, 2.05) is 56.3 Å². The number of hydrogen-bond acceptors (Lipinski definition) is 6. The molecule has 184 valence electrons. The van der Waals surface area contributed by atoms with Crippen LogP contribution in [-0.2, 0) is 21.4 Å². The number of sulfonamides is 1. The van der Waals surface area contributed by atoms with Crippen LogP contribution in [0.4, 0.5) is 0 Å². The Bertz CT molecular complexity index is 1330. The van der Waals surface area contributed by atoms with E-state index in [2.05, 4.69) is 15.5 Å². The van der Waals surface area contributed by atoms with Crippen LogP contribution in [0.2, 0.25) is 0 Å². The van der Waals surface area contributed by atoms with Gasteiger partial charge in [-0.2, -0.15) is 4.31 Å². The van der Waals surface area contributed by atoms with Crippen molar-refractivity contribution in [3.63, 3.8) is 0 Å². The lowest BCUT2D eigenvalue weighted by atomic mass is 9.99. The summed E-state index contributed by atoms with van der Waals surface area (Å²) >= 11 is 0. The second-order valence-corrected chi connectivity index (χ2v) is 10.8. The van der Waals surface area contributed by atoms with E-state index in [-0.39, 0.29) is 23.1 Å². The standard InChI is InChI=1S/C26H30N4O4S/c1-18-9-10-19(2)21(15-18)11-12-24-25(20(3)29-34-24)35(32,33)30-14-6-7-22(17-30)26(31)28-16-23-8-4-5-13-27-23/h4-5,8-13,15,22H,6-7,14,16-17H2,1-3H3,(H,28,31)/b12-11+/t22-/m1/s1. The van der Waals surface area contributed by atoms with Gasteiger partial charge in [0.2, 0.25) is 15.9 Å². The number of aryl methyl sites for hydroxylation is 3. The Labute approximate surface area is 206 Å². The first-order valence-electron chi connectivity index (χ1n) is 11.6. The second-order valence-electron chi connectivity index (χ2n) is 8.90. The molecule has 0 aliphatic carbocycles. The first-order valence-corrected chi connectivity index (χ1v) is 13.1. The molecular weight excluding hydrogens is 464 g/mol. The Morgan fingerprint density at radius 2 is 2.03 bits per heavy atom. The SMILES string of the molecule is Cc1ccc(C)c(/C=C/c2onc(C)c2S(=O)(=O)N2CCC[C@@H](C(=O)NCc3ccccn3)C2)c1. The number of carbonyl (C=O) groups excluding carboxylic acids is 1. The van der Waals surface area contributed by atoms with Crippen molar-refractivity contribution < 1.29 is 17.7 Å². The molecule has 3 heterocycles. The molecule has 1 N–H and O–H groups in total. The summed E-state index contributed by atoms with van der Waals surface area (Å²) < 4.78 is 34.0. The van der Waals surface area contributed by atoms with Gasteiger partial charge in [0.05, 0.1) is 18.2 Å². The number of amides is 1. The van der Waals surface area contributed by atoms with E-state index in [1.54, 1.807) is 19.2 Å². The molecular formula is C26H30N4O4S.